The number of halogens is 1. The van der Waals surface area contributed by atoms with Crippen molar-refractivity contribution in [2.24, 2.45) is 26.8 Å². The van der Waals surface area contributed by atoms with Crippen molar-refractivity contribution in [3.63, 3.8) is 0 Å². The minimum absolute atomic E-state index is 0.242. The average molecular weight is 411 g/mol. The van der Waals surface area contributed by atoms with Gasteiger partial charge in [-0.2, -0.15) is 5.10 Å². The van der Waals surface area contributed by atoms with Crippen LogP contribution in [-0.4, -0.2) is 34.6 Å². The fourth-order valence-corrected chi connectivity index (χ4v) is 5.34. The largest absolute Gasteiger partial charge is 0.380 e. The van der Waals surface area contributed by atoms with Crippen molar-refractivity contribution < 1.29 is 0 Å². The third-order valence-corrected chi connectivity index (χ3v) is 6.05. The predicted molar refractivity (Wildman–Crippen MR) is 119 cm³/mol. The monoisotopic (exact) mass is 410 g/mol. The molecule has 2 atom stereocenters. The van der Waals surface area contributed by atoms with E-state index in [9.17, 15) is 0 Å². The van der Waals surface area contributed by atoms with Crippen molar-refractivity contribution in [3.05, 3.63) is 52.9 Å². The first-order valence-electron chi connectivity index (χ1n) is 9.94. The second kappa shape index (κ2) is 7.41. The number of benzene rings is 1. The van der Waals surface area contributed by atoms with Crippen molar-refractivity contribution in [2.75, 3.05) is 11.4 Å². The first kappa shape index (κ1) is 19.8. The second-order valence-corrected chi connectivity index (χ2v) is 9.83. The summed E-state index contributed by atoms with van der Waals surface area (Å²) in [5.41, 5.74) is 8.19. The Morgan fingerprint density at radius 3 is 2.90 bits per heavy atom. The highest BCUT2D eigenvalue weighted by Crippen LogP contribution is 2.53. The minimum Gasteiger partial charge on any atom is -0.380 e. The molecule has 1 saturated heterocycles. The number of hydrogen-bond donors (Lipinski definition) is 1. The van der Waals surface area contributed by atoms with Crippen LogP contribution in [0.25, 0.3) is 0 Å². The smallest absolute Gasteiger partial charge is 0.173 e. The maximum atomic E-state index is 6.12. The topological polar surface area (TPSA) is 79.8 Å². The van der Waals surface area contributed by atoms with Gasteiger partial charge in [0.1, 0.15) is 11.5 Å². The van der Waals surface area contributed by atoms with Crippen LogP contribution in [0.3, 0.4) is 0 Å². The van der Waals surface area contributed by atoms with Crippen LogP contribution in [0.1, 0.15) is 51.3 Å². The molecular weight excluding hydrogens is 384 g/mol. The van der Waals surface area contributed by atoms with Crippen molar-refractivity contribution >= 4 is 29.5 Å². The Bertz CT molecular complexity index is 969. The highest BCUT2D eigenvalue weighted by molar-refractivity contribution is 6.30. The molecule has 1 saturated carbocycles. The summed E-state index contributed by atoms with van der Waals surface area (Å²) in [5.74, 6) is 1.11. The predicted octanol–water partition coefficient (Wildman–Crippen LogP) is 4.27. The highest BCUT2D eigenvalue weighted by Gasteiger charge is 2.50. The zero-order chi connectivity index (χ0) is 20.6. The van der Waals surface area contributed by atoms with Gasteiger partial charge in [0.2, 0.25) is 0 Å². The van der Waals surface area contributed by atoms with E-state index in [1.165, 1.54) is 19.3 Å². The van der Waals surface area contributed by atoms with Crippen molar-refractivity contribution in [3.8, 4) is 0 Å². The van der Waals surface area contributed by atoms with Gasteiger partial charge >= 0.3 is 0 Å². The SMILES string of the molecule is CC1(C)C[C@H]2C[C@](C)(CN2c2cncc(/C(N)=N\N=C\c3cccc(Cl)c3)n2)C1. The molecule has 1 aromatic carbocycles. The van der Waals surface area contributed by atoms with E-state index in [0.29, 0.717) is 27.6 Å². The van der Waals surface area contributed by atoms with E-state index in [0.717, 1.165) is 17.9 Å². The molecule has 2 bridgehead atoms. The number of fused-ring (bicyclic) bond motifs is 2. The second-order valence-electron chi connectivity index (χ2n) is 9.39. The molecule has 4 rings (SSSR count). The molecule has 1 aliphatic carbocycles. The van der Waals surface area contributed by atoms with Gasteiger partial charge < -0.3 is 10.6 Å². The Kier molecular flexibility index (Phi) is 5.07. The quantitative estimate of drug-likeness (QED) is 0.463. The first-order valence-corrected chi connectivity index (χ1v) is 10.3. The van der Waals surface area contributed by atoms with Crippen molar-refractivity contribution in [1.29, 1.82) is 0 Å². The van der Waals surface area contributed by atoms with Crippen LogP contribution < -0.4 is 10.6 Å². The van der Waals surface area contributed by atoms with Crippen LogP contribution in [0.5, 0.6) is 0 Å². The maximum Gasteiger partial charge on any atom is 0.173 e. The van der Waals surface area contributed by atoms with E-state index in [-0.39, 0.29) is 5.84 Å². The Morgan fingerprint density at radius 2 is 2.10 bits per heavy atom. The van der Waals surface area contributed by atoms with Crippen LogP contribution >= 0.6 is 11.6 Å². The lowest BCUT2D eigenvalue weighted by Gasteiger charge is -2.39. The molecule has 2 N–H and O–H groups in total. The van der Waals surface area contributed by atoms with Crippen LogP contribution in [-0.2, 0) is 0 Å². The lowest BCUT2D eigenvalue weighted by Crippen LogP contribution is -2.35. The number of hydrogen-bond acceptors (Lipinski definition) is 5. The van der Waals surface area contributed by atoms with E-state index in [4.69, 9.17) is 22.3 Å². The first-order chi connectivity index (χ1) is 13.7. The summed E-state index contributed by atoms with van der Waals surface area (Å²) in [6.07, 6.45) is 8.68. The molecule has 2 aromatic rings. The van der Waals surface area contributed by atoms with Crippen molar-refractivity contribution in [2.45, 2.75) is 46.1 Å². The molecule has 0 spiro atoms. The molecule has 0 unspecified atom stereocenters. The maximum absolute atomic E-state index is 6.12. The minimum atomic E-state index is 0.242. The Hall–Kier alpha value is -2.47. The fourth-order valence-electron chi connectivity index (χ4n) is 5.14. The summed E-state index contributed by atoms with van der Waals surface area (Å²) in [4.78, 5) is 11.5. The number of anilines is 1. The van der Waals surface area contributed by atoms with Gasteiger partial charge in [0.25, 0.3) is 0 Å². The molecule has 29 heavy (non-hydrogen) atoms. The van der Waals surface area contributed by atoms with Crippen LogP contribution in [0.4, 0.5) is 5.82 Å². The van der Waals surface area contributed by atoms with E-state index in [2.05, 4.69) is 40.9 Å². The molecule has 6 nitrogen and oxygen atoms in total. The molecule has 2 heterocycles. The molecule has 1 aromatic heterocycles. The van der Waals surface area contributed by atoms with Crippen molar-refractivity contribution in [1.82, 2.24) is 9.97 Å². The number of amidine groups is 1. The summed E-state index contributed by atoms with van der Waals surface area (Å²) in [5, 5.41) is 8.81. The van der Waals surface area contributed by atoms with Gasteiger partial charge in [0, 0.05) is 17.6 Å². The number of nitrogens with zero attached hydrogens (tertiary/aromatic N) is 5. The molecule has 152 valence electrons. The summed E-state index contributed by atoms with van der Waals surface area (Å²) < 4.78 is 0. The highest BCUT2D eigenvalue weighted by atomic mass is 35.5. The standard InChI is InChI=1S/C22H27ClN6/c1-21(2)8-17-9-22(3,13-21)14-29(17)19-12-25-11-18(27-19)20(24)28-26-10-15-5-4-6-16(23)7-15/h4-7,10-12,17H,8-9,13-14H2,1-3H3,(H2,24,28)/b26-10+/t17-,22-/m0/s1. The van der Waals surface area contributed by atoms with Gasteiger partial charge in [0.05, 0.1) is 18.6 Å². The van der Waals surface area contributed by atoms with Gasteiger partial charge in [-0.05, 0) is 47.8 Å². The number of rotatable bonds is 4. The van der Waals surface area contributed by atoms with Gasteiger partial charge in [-0.15, -0.1) is 5.10 Å². The molecule has 2 fully saturated rings. The lowest BCUT2D eigenvalue weighted by molar-refractivity contribution is 0.136. The van der Waals surface area contributed by atoms with E-state index >= 15 is 0 Å². The summed E-state index contributed by atoms with van der Waals surface area (Å²) in [7, 11) is 0. The molecule has 0 radical (unpaired) electrons. The van der Waals surface area contributed by atoms with E-state index < -0.39 is 0 Å². The summed E-state index contributed by atoms with van der Waals surface area (Å²) >= 11 is 5.98. The molecule has 7 heteroatoms. The van der Waals surface area contributed by atoms with Gasteiger partial charge in [-0.25, -0.2) is 4.98 Å². The lowest BCUT2D eigenvalue weighted by atomic mass is 9.65. The normalized spacial score (nSPS) is 26.3. The molecule has 0 amide bonds. The number of aromatic nitrogens is 2. The zero-order valence-electron chi connectivity index (χ0n) is 17.1. The van der Waals surface area contributed by atoms with Gasteiger partial charge in [0.15, 0.2) is 5.84 Å². The third kappa shape index (κ3) is 4.42. The fraction of sp³-hybridized carbons (Fsp3) is 0.455. The molecule has 1 aliphatic heterocycles. The number of nitrogens with two attached hydrogens (primary N) is 1. The summed E-state index contributed by atoms with van der Waals surface area (Å²) in [6, 6.07) is 7.87. The van der Waals surface area contributed by atoms with Gasteiger partial charge in [-0.1, -0.05) is 44.5 Å². The Labute approximate surface area is 176 Å². The zero-order valence-corrected chi connectivity index (χ0v) is 17.9. The Balaban J connectivity index is 1.53. The van der Waals surface area contributed by atoms with Crippen LogP contribution in [0, 0.1) is 10.8 Å². The van der Waals surface area contributed by atoms with Crippen LogP contribution in [0.15, 0.2) is 46.9 Å². The molecule has 2 aliphatic rings. The van der Waals surface area contributed by atoms with Crippen LogP contribution in [0.2, 0.25) is 5.02 Å². The molecular formula is C22H27ClN6. The average Bonchev–Trinajstić information content (AvgIpc) is 2.90. The van der Waals surface area contributed by atoms with Gasteiger partial charge in [-0.3, -0.25) is 4.98 Å². The Morgan fingerprint density at radius 1 is 1.28 bits per heavy atom. The van der Waals surface area contributed by atoms with E-state index in [1.54, 1.807) is 12.4 Å². The van der Waals surface area contributed by atoms with E-state index in [1.807, 2.05) is 30.5 Å². The third-order valence-electron chi connectivity index (χ3n) is 5.81. The summed E-state index contributed by atoms with van der Waals surface area (Å²) in [6.45, 7) is 8.12.